The highest BCUT2D eigenvalue weighted by Gasteiger charge is 2.23. The van der Waals surface area contributed by atoms with Crippen LogP contribution in [-0.2, 0) is 0 Å². The molecule has 19 heavy (non-hydrogen) atoms. The summed E-state index contributed by atoms with van der Waals surface area (Å²) in [6.07, 6.45) is 3.31. The second-order valence-corrected chi connectivity index (χ2v) is 7.47. The maximum absolute atomic E-state index is 5.30. The number of hydrogen-bond acceptors (Lipinski definition) is 5. The highest BCUT2D eigenvalue weighted by molar-refractivity contribution is 9.12. The zero-order valence-corrected chi connectivity index (χ0v) is 14.5. The normalized spacial score (nSPS) is 12.4. The smallest absolute Gasteiger partial charge is 0.237 e. The number of hydrogen-bond donors (Lipinski definition) is 1. The van der Waals surface area contributed by atoms with Gasteiger partial charge in [-0.2, -0.15) is 0 Å². The fourth-order valence-electron chi connectivity index (χ4n) is 1.80. The minimum absolute atomic E-state index is 0.0504. The van der Waals surface area contributed by atoms with Crippen LogP contribution in [0.1, 0.15) is 24.2 Å². The van der Waals surface area contributed by atoms with Crippen molar-refractivity contribution in [1.82, 2.24) is 15.3 Å². The molecule has 102 valence electrons. The summed E-state index contributed by atoms with van der Waals surface area (Å²) in [5.74, 6) is 0.544. The molecule has 0 aliphatic heterocycles. The largest absolute Gasteiger partial charge is 0.480 e. The van der Waals surface area contributed by atoms with Gasteiger partial charge in [0.25, 0.3) is 0 Å². The van der Waals surface area contributed by atoms with E-state index in [0.717, 1.165) is 25.4 Å². The first-order valence-corrected chi connectivity index (χ1v) is 8.10. The van der Waals surface area contributed by atoms with Gasteiger partial charge in [0.2, 0.25) is 5.88 Å². The molecule has 0 amide bonds. The number of nitrogens with one attached hydrogen (secondary N) is 1. The predicted molar refractivity (Wildman–Crippen MR) is 83.8 cm³/mol. The van der Waals surface area contributed by atoms with Gasteiger partial charge in [-0.15, -0.1) is 11.3 Å². The van der Waals surface area contributed by atoms with Crippen molar-refractivity contribution in [2.24, 2.45) is 0 Å². The summed E-state index contributed by atoms with van der Waals surface area (Å²) < 4.78 is 7.44. The molecule has 1 atom stereocenters. The van der Waals surface area contributed by atoms with Crippen LogP contribution in [0.25, 0.3) is 0 Å². The monoisotopic (exact) mass is 405 g/mol. The van der Waals surface area contributed by atoms with E-state index in [1.54, 1.807) is 30.8 Å². The van der Waals surface area contributed by atoms with Crippen LogP contribution in [0, 0.1) is 0 Å². The van der Waals surface area contributed by atoms with Crippen LogP contribution in [0.3, 0.4) is 0 Å². The molecule has 2 rings (SSSR count). The molecule has 1 N–H and O–H groups in total. The lowest BCUT2D eigenvalue weighted by Gasteiger charge is -2.18. The molecule has 0 radical (unpaired) electrons. The summed E-state index contributed by atoms with van der Waals surface area (Å²) in [6.45, 7) is 2.88. The Morgan fingerprint density at radius 2 is 2.11 bits per heavy atom. The molecule has 0 aliphatic rings. The molecule has 0 fully saturated rings. The molecule has 0 bridgehead atoms. The molecular formula is C12H13Br2N3OS. The fourth-order valence-corrected chi connectivity index (χ4v) is 4.70. The van der Waals surface area contributed by atoms with E-state index in [9.17, 15) is 0 Å². The lowest BCUT2D eigenvalue weighted by Crippen LogP contribution is -2.23. The highest BCUT2D eigenvalue weighted by Crippen LogP contribution is 2.38. The molecule has 1 unspecified atom stereocenters. The Kier molecular flexibility index (Phi) is 5.32. The molecule has 7 heteroatoms. The van der Waals surface area contributed by atoms with Crippen LogP contribution in [-0.4, -0.2) is 23.6 Å². The molecule has 0 aliphatic carbocycles. The average Bonchev–Trinajstić information content (AvgIpc) is 2.75. The maximum Gasteiger partial charge on any atom is 0.237 e. The zero-order valence-electron chi connectivity index (χ0n) is 10.5. The van der Waals surface area contributed by atoms with Crippen molar-refractivity contribution < 1.29 is 4.74 Å². The van der Waals surface area contributed by atoms with E-state index in [2.05, 4.69) is 60.1 Å². The van der Waals surface area contributed by atoms with Crippen LogP contribution >= 0.6 is 43.2 Å². The van der Waals surface area contributed by atoms with Crippen LogP contribution in [0.15, 0.2) is 26.0 Å². The summed E-state index contributed by atoms with van der Waals surface area (Å²) in [6, 6.07) is 2.03. The third-order valence-electron chi connectivity index (χ3n) is 2.56. The van der Waals surface area contributed by atoms with Crippen LogP contribution in [0.4, 0.5) is 0 Å². The van der Waals surface area contributed by atoms with Gasteiger partial charge in [-0.25, -0.2) is 4.98 Å². The standard InChI is InChI=1S/C12H13Br2N3OS/c1-3-15-9(7-6-8(13)19-11(7)14)10-12(18-2)17-5-4-16-10/h4-6,9,15H,3H2,1-2H3. The SMILES string of the molecule is CCNC(c1cc(Br)sc1Br)c1nccnc1OC. The Labute approximate surface area is 132 Å². The molecule has 0 saturated heterocycles. The van der Waals surface area contributed by atoms with Crippen LogP contribution in [0.5, 0.6) is 5.88 Å². The van der Waals surface area contributed by atoms with Crippen molar-refractivity contribution in [1.29, 1.82) is 0 Å². The Bertz CT molecular complexity index is 562. The van der Waals surface area contributed by atoms with Crippen LogP contribution < -0.4 is 10.1 Å². The van der Waals surface area contributed by atoms with E-state index in [0.29, 0.717) is 5.88 Å². The molecule has 2 aromatic heterocycles. The van der Waals surface area contributed by atoms with Gasteiger partial charge in [0, 0.05) is 18.0 Å². The van der Waals surface area contributed by atoms with Crippen LogP contribution in [0.2, 0.25) is 0 Å². The molecular weight excluding hydrogens is 394 g/mol. The van der Waals surface area contributed by atoms with E-state index >= 15 is 0 Å². The van der Waals surface area contributed by atoms with Gasteiger partial charge in [-0.1, -0.05) is 6.92 Å². The highest BCUT2D eigenvalue weighted by atomic mass is 79.9. The van der Waals surface area contributed by atoms with Crippen molar-refractivity contribution in [2.75, 3.05) is 13.7 Å². The summed E-state index contributed by atoms with van der Waals surface area (Å²) >= 11 is 8.73. The van der Waals surface area contributed by atoms with Gasteiger partial charge in [0.15, 0.2) is 0 Å². The number of aromatic nitrogens is 2. The predicted octanol–water partition coefficient (Wildman–Crippen LogP) is 3.77. The van der Waals surface area contributed by atoms with Crippen molar-refractivity contribution >= 4 is 43.2 Å². The number of thiophene rings is 1. The number of rotatable bonds is 5. The zero-order chi connectivity index (χ0) is 13.8. The number of methoxy groups -OCH3 is 1. The van der Waals surface area contributed by atoms with E-state index in [-0.39, 0.29) is 6.04 Å². The van der Waals surface area contributed by atoms with E-state index in [1.165, 1.54) is 0 Å². The van der Waals surface area contributed by atoms with Crippen molar-refractivity contribution in [3.05, 3.63) is 37.3 Å². The first kappa shape index (κ1) is 14.9. The van der Waals surface area contributed by atoms with Crippen molar-refractivity contribution in [2.45, 2.75) is 13.0 Å². The van der Waals surface area contributed by atoms with Gasteiger partial charge < -0.3 is 10.1 Å². The second kappa shape index (κ2) is 6.78. The van der Waals surface area contributed by atoms with Gasteiger partial charge in [-0.05, 0) is 44.5 Å². The third-order valence-corrected chi connectivity index (χ3v) is 4.95. The second-order valence-electron chi connectivity index (χ2n) is 3.72. The van der Waals surface area contributed by atoms with Gasteiger partial charge >= 0.3 is 0 Å². The molecule has 0 aromatic carbocycles. The average molecular weight is 407 g/mol. The van der Waals surface area contributed by atoms with Gasteiger partial charge in [0.1, 0.15) is 5.69 Å². The lowest BCUT2D eigenvalue weighted by atomic mass is 10.1. The minimum Gasteiger partial charge on any atom is -0.480 e. The Morgan fingerprint density at radius 1 is 1.37 bits per heavy atom. The topological polar surface area (TPSA) is 47.0 Å². The quantitative estimate of drug-likeness (QED) is 0.820. The Hall–Kier alpha value is -0.500. The first-order chi connectivity index (χ1) is 9.17. The number of halogens is 2. The number of nitrogens with zero attached hydrogens (tertiary/aromatic N) is 2. The van der Waals surface area contributed by atoms with Gasteiger partial charge in [-0.3, -0.25) is 4.98 Å². The molecule has 4 nitrogen and oxygen atoms in total. The summed E-state index contributed by atoms with van der Waals surface area (Å²) in [7, 11) is 1.61. The number of ether oxygens (including phenoxy) is 1. The third kappa shape index (κ3) is 3.34. The Balaban J connectivity index is 2.48. The maximum atomic E-state index is 5.30. The van der Waals surface area contributed by atoms with E-state index in [1.807, 2.05) is 0 Å². The van der Waals surface area contributed by atoms with Crippen molar-refractivity contribution in [3.8, 4) is 5.88 Å². The first-order valence-electron chi connectivity index (χ1n) is 5.70. The summed E-state index contributed by atoms with van der Waals surface area (Å²) in [5, 5.41) is 3.42. The lowest BCUT2D eigenvalue weighted by molar-refractivity contribution is 0.383. The molecule has 0 spiro atoms. The van der Waals surface area contributed by atoms with E-state index < -0.39 is 0 Å². The molecule has 2 aromatic rings. The Morgan fingerprint density at radius 3 is 2.68 bits per heavy atom. The summed E-state index contributed by atoms with van der Waals surface area (Å²) in [5.41, 5.74) is 1.91. The van der Waals surface area contributed by atoms with E-state index in [4.69, 9.17) is 4.74 Å². The fraction of sp³-hybridized carbons (Fsp3) is 0.333. The minimum atomic E-state index is -0.0504. The molecule has 0 saturated carbocycles. The summed E-state index contributed by atoms with van der Waals surface area (Å²) in [4.78, 5) is 8.63. The van der Waals surface area contributed by atoms with Crippen molar-refractivity contribution in [3.63, 3.8) is 0 Å². The molecule has 2 heterocycles. The van der Waals surface area contributed by atoms with Gasteiger partial charge in [0.05, 0.1) is 20.7 Å².